The van der Waals surface area contributed by atoms with Crippen LogP contribution in [0.4, 0.5) is 0 Å². The van der Waals surface area contributed by atoms with Crippen LogP contribution >= 0.6 is 0 Å². The van der Waals surface area contributed by atoms with Gasteiger partial charge in [-0.05, 0) is 97.7 Å². The van der Waals surface area contributed by atoms with E-state index in [2.05, 4.69) is 45.7 Å². The van der Waals surface area contributed by atoms with Gasteiger partial charge in [-0.1, -0.05) is 65.5 Å². The number of allylic oxidation sites excluding steroid dienone is 1. The summed E-state index contributed by atoms with van der Waals surface area (Å²) in [4.78, 5) is 27.2. The molecule has 6 rings (SSSR count). The number of aryl methyl sites for hydroxylation is 2. The van der Waals surface area contributed by atoms with Crippen molar-refractivity contribution in [2.75, 3.05) is 0 Å². The first-order valence-electron chi connectivity index (χ1n) is 16.7. The van der Waals surface area contributed by atoms with E-state index in [1.165, 1.54) is 75.7 Å². The zero-order valence-electron chi connectivity index (χ0n) is 27.5. The van der Waals surface area contributed by atoms with Crippen LogP contribution in [0.25, 0.3) is 11.2 Å². The van der Waals surface area contributed by atoms with Crippen LogP contribution in [0, 0.1) is 46.3 Å². The summed E-state index contributed by atoms with van der Waals surface area (Å²) in [6.07, 6.45) is 18.7. The fourth-order valence-corrected chi connectivity index (χ4v) is 10.1. The fraction of sp³-hybridized carbons (Fsp3) is 0.800. The van der Waals surface area contributed by atoms with Crippen LogP contribution < -0.4 is 11.2 Å². The van der Waals surface area contributed by atoms with E-state index in [0.29, 0.717) is 22.0 Å². The lowest BCUT2D eigenvalue weighted by atomic mass is 9.47. The molecule has 1 N–H and O–H groups in total. The number of hydrogen-bond donors (Lipinski definition) is 1. The van der Waals surface area contributed by atoms with Crippen molar-refractivity contribution in [1.82, 2.24) is 18.7 Å². The van der Waals surface area contributed by atoms with Crippen LogP contribution in [0.5, 0.6) is 0 Å². The second-order valence-corrected chi connectivity index (χ2v) is 15.4. The Hall–Kier alpha value is -2.15. The molecule has 0 aliphatic heterocycles. The van der Waals surface area contributed by atoms with Gasteiger partial charge in [-0.15, -0.1) is 0 Å². The van der Waals surface area contributed by atoms with Gasteiger partial charge >= 0.3 is 5.69 Å². The third-order valence-corrected chi connectivity index (χ3v) is 12.6. The van der Waals surface area contributed by atoms with E-state index in [1.807, 2.05) is 0 Å². The highest BCUT2D eigenvalue weighted by Gasteiger charge is 2.59. The van der Waals surface area contributed by atoms with Crippen molar-refractivity contribution < 1.29 is 5.11 Å². The van der Waals surface area contributed by atoms with Crippen molar-refractivity contribution in [2.24, 2.45) is 67.5 Å². The van der Waals surface area contributed by atoms with E-state index < -0.39 is 0 Å². The molecule has 0 radical (unpaired) electrons. The number of aliphatic hydroxyl groups is 1. The molecule has 234 valence electrons. The normalized spacial score (nSPS) is 34.7. The summed E-state index contributed by atoms with van der Waals surface area (Å²) >= 11 is 0. The van der Waals surface area contributed by atoms with Gasteiger partial charge in [0, 0.05) is 21.1 Å². The lowest BCUT2D eigenvalue weighted by Crippen LogP contribution is -2.50. The highest BCUT2D eigenvalue weighted by Crippen LogP contribution is 2.67. The monoisotopic (exact) mass is 580 g/mol. The first kappa shape index (κ1) is 31.3. The summed E-state index contributed by atoms with van der Waals surface area (Å²) in [5, 5.41) is 10.2. The third kappa shape index (κ3) is 5.26. The maximum atomic E-state index is 11.7. The first-order valence-corrected chi connectivity index (χ1v) is 16.7. The Bertz CT molecular complexity index is 1430. The maximum Gasteiger partial charge on any atom is 0.332 e. The van der Waals surface area contributed by atoms with Crippen molar-refractivity contribution in [3.8, 4) is 0 Å². The average Bonchev–Trinajstić information content (AvgIpc) is 3.51. The second kappa shape index (κ2) is 11.7. The molecule has 3 fully saturated rings. The van der Waals surface area contributed by atoms with Crippen molar-refractivity contribution in [1.29, 1.82) is 0 Å². The van der Waals surface area contributed by atoms with Crippen LogP contribution in [0.3, 0.4) is 0 Å². The highest BCUT2D eigenvalue weighted by atomic mass is 16.3. The summed E-state index contributed by atoms with van der Waals surface area (Å²) in [7, 11) is 4.77. The summed E-state index contributed by atoms with van der Waals surface area (Å²) in [6, 6.07) is 0. The van der Waals surface area contributed by atoms with Crippen LogP contribution in [0.1, 0.15) is 105 Å². The number of nitrogens with zero attached hydrogens (tertiary/aromatic N) is 4. The second-order valence-electron chi connectivity index (χ2n) is 15.4. The van der Waals surface area contributed by atoms with E-state index >= 15 is 0 Å². The molecule has 7 heteroatoms. The van der Waals surface area contributed by atoms with Gasteiger partial charge in [0.2, 0.25) is 0 Å². The molecule has 0 amide bonds. The van der Waals surface area contributed by atoms with E-state index in [9.17, 15) is 14.7 Å². The van der Waals surface area contributed by atoms with Gasteiger partial charge < -0.3 is 9.67 Å². The predicted molar refractivity (Wildman–Crippen MR) is 170 cm³/mol. The van der Waals surface area contributed by atoms with Crippen molar-refractivity contribution in [2.45, 2.75) is 111 Å². The Labute approximate surface area is 252 Å². The molecular weight excluding hydrogens is 524 g/mol. The molecule has 7 nitrogen and oxygen atoms in total. The summed E-state index contributed by atoms with van der Waals surface area (Å²) < 4.78 is 4.04. The predicted octanol–water partition coefficient (Wildman–Crippen LogP) is 6.36. The van der Waals surface area contributed by atoms with Gasteiger partial charge in [-0.3, -0.25) is 13.9 Å². The van der Waals surface area contributed by atoms with E-state index in [1.54, 1.807) is 24.2 Å². The lowest BCUT2D eigenvalue weighted by molar-refractivity contribution is -0.0573. The molecule has 2 heterocycles. The fourth-order valence-electron chi connectivity index (χ4n) is 10.1. The largest absolute Gasteiger partial charge is 0.393 e. The van der Waals surface area contributed by atoms with Gasteiger partial charge in [-0.25, -0.2) is 9.78 Å². The Morgan fingerprint density at radius 2 is 1.71 bits per heavy atom. The molecule has 0 spiro atoms. The minimum atomic E-state index is -0.360. The Kier molecular flexibility index (Phi) is 8.74. The molecule has 0 aromatic carbocycles. The number of rotatable bonds is 5. The summed E-state index contributed by atoms with van der Waals surface area (Å²) in [6.45, 7) is 12.6. The Balaban J connectivity index is 0.000000211. The molecule has 8 atom stereocenters. The molecule has 3 saturated carbocycles. The number of imidazole rings is 1. The summed E-state index contributed by atoms with van der Waals surface area (Å²) in [5.74, 6) is 5.46. The molecular formula is C35H56N4O3. The quantitative estimate of drug-likeness (QED) is 0.417. The van der Waals surface area contributed by atoms with Crippen molar-refractivity contribution in [3.63, 3.8) is 0 Å². The molecule has 0 unspecified atom stereocenters. The number of aromatic nitrogens is 4. The van der Waals surface area contributed by atoms with E-state index in [0.717, 1.165) is 52.9 Å². The smallest absolute Gasteiger partial charge is 0.332 e. The van der Waals surface area contributed by atoms with Crippen molar-refractivity contribution >= 4 is 11.2 Å². The van der Waals surface area contributed by atoms with Gasteiger partial charge in [0.1, 0.15) is 0 Å². The molecule has 42 heavy (non-hydrogen) atoms. The zero-order chi connectivity index (χ0) is 30.6. The third-order valence-electron chi connectivity index (χ3n) is 12.6. The maximum absolute atomic E-state index is 11.7. The first-order chi connectivity index (χ1) is 19.8. The van der Waals surface area contributed by atoms with E-state index in [4.69, 9.17) is 0 Å². The van der Waals surface area contributed by atoms with Gasteiger partial charge in [0.25, 0.3) is 5.56 Å². The molecule has 2 aromatic heterocycles. The van der Waals surface area contributed by atoms with Crippen LogP contribution in [-0.2, 0) is 21.1 Å². The van der Waals surface area contributed by atoms with Crippen LogP contribution in [0.15, 0.2) is 27.6 Å². The summed E-state index contributed by atoms with van der Waals surface area (Å²) in [5.41, 5.74) is 2.78. The minimum absolute atomic E-state index is 0.0766. The number of aliphatic hydroxyl groups excluding tert-OH is 1. The molecule has 0 bridgehead atoms. The lowest BCUT2D eigenvalue weighted by Gasteiger charge is -2.58. The Morgan fingerprint density at radius 3 is 2.43 bits per heavy atom. The highest BCUT2D eigenvalue weighted by molar-refractivity contribution is 5.69. The van der Waals surface area contributed by atoms with Gasteiger partial charge in [0.05, 0.1) is 12.4 Å². The molecule has 2 aromatic rings. The number of fused-ring (bicyclic) bond motifs is 6. The average molecular weight is 581 g/mol. The Morgan fingerprint density at radius 1 is 0.976 bits per heavy atom. The van der Waals surface area contributed by atoms with Crippen LogP contribution in [0.2, 0.25) is 0 Å². The van der Waals surface area contributed by atoms with Gasteiger partial charge in [0.15, 0.2) is 11.2 Å². The topological polar surface area (TPSA) is 82.1 Å². The molecule has 0 saturated heterocycles. The zero-order valence-corrected chi connectivity index (χ0v) is 27.5. The van der Waals surface area contributed by atoms with Crippen molar-refractivity contribution in [3.05, 3.63) is 38.8 Å². The number of hydrogen-bond acceptors (Lipinski definition) is 4. The molecule has 4 aliphatic carbocycles. The standard InChI is InChI=1S/C27H46O.C8H10N4O2/c1-18(2)7-6-8-19(3)23-11-12-24-22-10-9-20-17-21(28)13-15-26(20,4)25(22)14-16-27(23,24)5;1-10-4-9-6-5(10)7(13)12(3)8(14)11(6)2/h9,18-19,21-25,28H,6-8,10-17H2,1-5H3;4H,1-3H3/t19-,21+,22+,23-,24+,25+,26+,27-;/m1./s1. The van der Waals surface area contributed by atoms with Gasteiger partial charge in [-0.2, -0.15) is 0 Å². The molecule has 4 aliphatic rings. The van der Waals surface area contributed by atoms with Crippen LogP contribution in [-0.4, -0.2) is 29.9 Å². The van der Waals surface area contributed by atoms with E-state index in [-0.39, 0.29) is 17.4 Å². The SMILES string of the molecule is CC(C)CCC[C@@H](C)[C@H]1CC[C@H]2[C@@H]3CC=C4C[C@@H](O)CC[C@]4(C)[C@H]3CC[C@]12C.Cn1c(=O)c2c(ncn2C)n(C)c1=O. The minimum Gasteiger partial charge on any atom is -0.393 e.